The Kier molecular flexibility index (Phi) is 7.16. The van der Waals surface area contributed by atoms with Crippen LogP contribution in [0.15, 0.2) is 28.8 Å². The number of hydrogen-bond acceptors (Lipinski definition) is 9. The summed E-state index contributed by atoms with van der Waals surface area (Å²) >= 11 is 17.6. The lowest BCUT2D eigenvalue weighted by molar-refractivity contribution is -0.115. The third kappa shape index (κ3) is 5.35. The molecule has 162 valence electrons. The molecule has 3 aromatic rings. The average Bonchev–Trinajstić information content (AvgIpc) is 3.20. The van der Waals surface area contributed by atoms with E-state index in [9.17, 15) is 9.59 Å². The smallest absolute Gasteiger partial charge is 0.359 e. The topological polar surface area (TPSA) is 142 Å². The van der Waals surface area contributed by atoms with Gasteiger partial charge in [0.2, 0.25) is 5.91 Å². The van der Waals surface area contributed by atoms with E-state index in [1.54, 1.807) is 24.3 Å². The SMILES string of the molecule is COc1ccccc1NC(=O)Cc1noc(COC(=O)c2nc(Cl)c(Cl)c(N)c2Cl)n1. The van der Waals surface area contributed by atoms with Crippen molar-refractivity contribution >= 4 is 58.1 Å². The van der Waals surface area contributed by atoms with Crippen molar-refractivity contribution in [2.24, 2.45) is 0 Å². The highest BCUT2D eigenvalue weighted by molar-refractivity contribution is 6.46. The third-order valence-electron chi connectivity index (χ3n) is 3.80. The van der Waals surface area contributed by atoms with Gasteiger partial charge < -0.3 is 25.0 Å². The Morgan fingerprint density at radius 3 is 2.65 bits per heavy atom. The molecule has 0 radical (unpaired) electrons. The first-order chi connectivity index (χ1) is 14.8. The van der Waals surface area contributed by atoms with E-state index >= 15 is 0 Å². The van der Waals surface area contributed by atoms with E-state index in [4.69, 9.17) is 54.5 Å². The van der Waals surface area contributed by atoms with Crippen LogP contribution in [0.3, 0.4) is 0 Å². The number of amides is 1. The van der Waals surface area contributed by atoms with E-state index in [0.717, 1.165) is 0 Å². The molecule has 0 fully saturated rings. The first kappa shape index (κ1) is 22.6. The summed E-state index contributed by atoms with van der Waals surface area (Å²) in [7, 11) is 1.49. The van der Waals surface area contributed by atoms with Crippen LogP contribution in [0.4, 0.5) is 11.4 Å². The summed E-state index contributed by atoms with van der Waals surface area (Å²) < 4.78 is 15.2. The number of carbonyl (C=O) groups is 2. The van der Waals surface area contributed by atoms with Gasteiger partial charge in [-0.15, -0.1) is 0 Å². The Labute approximate surface area is 190 Å². The molecule has 0 aliphatic carbocycles. The van der Waals surface area contributed by atoms with Gasteiger partial charge in [-0.2, -0.15) is 4.98 Å². The quantitative estimate of drug-likeness (QED) is 0.378. The van der Waals surface area contributed by atoms with Gasteiger partial charge in [-0.3, -0.25) is 4.79 Å². The maximum atomic E-state index is 12.2. The summed E-state index contributed by atoms with van der Waals surface area (Å²) in [6.07, 6.45) is -0.174. The fraction of sp³-hybridized carbons (Fsp3) is 0.167. The number of nitrogen functional groups attached to an aromatic ring is 1. The van der Waals surface area contributed by atoms with Gasteiger partial charge in [-0.05, 0) is 12.1 Å². The molecule has 2 aromatic heterocycles. The number of para-hydroxylation sites is 2. The van der Waals surface area contributed by atoms with Crippen LogP contribution >= 0.6 is 34.8 Å². The highest BCUT2D eigenvalue weighted by Crippen LogP contribution is 2.34. The molecule has 31 heavy (non-hydrogen) atoms. The third-order valence-corrected chi connectivity index (χ3v) is 4.94. The second-order valence-corrected chi connectivity index (χ2v) is 7.01. The summed E-state index contributed by atoms with van der Waals surface area (Å²) in [4.78, 5) is 32.2. The molecule has 2 heterocycles. The summed E-state index contributed by atoms with van der Waals surface area (Å²) in [5, 5.41) is 5.90. The number of nitrogens with zero attached hydrogens (tertiary/aromatic N) is 3. The summed E-state index contributed by atoms with van der Waals surface area (Å²) in [6.45, 7) is -0.391. The Hall–Kier alpha value is -3.08. The number of rotatable bonds is 7. The first-order valence-electron chi connectivity index (χ1n) is 8.51. The molecule has 0 unspecified atom stereocenters. The maximum absolute atomic E-state index is 12.2. The lowest BCUT2D eigenvalue weighted by Gasteiger charge is -2.08. The number of anilines is 2. The number of pyridine rings is 1. The zero-order valence-electron chi connectivity index (χ0n) is 15.8. The Bertz CT molecular complexity index is 1140. The number of methoxy groups -OCH3 is 1. The molecule has 0 saturated carbocycles. The number of ether oxygens (including phenoxy) is 2. The van der Waals surface area contributed by atoms with Crippen LogP contribution in [0, 0.1) is 0 Å². The number of carbonyl (C=O) groups excluding carboxylic acids is 2. The molecule has 1 amide bonds. The molecular formula is C18H14Cl3N5O5. The van der Waals surface area contributed by atoms with Crippen LogP contribution < -0.4 is 15.8 Å². The number of hydrogen-bond donors (Lipinski definition) is 2. The van der Waals surface area contributed by atoms with E-state index in [1.807, 2.05) is 0 Å². The van der Waals surface area contributed by atoms with Crippen LogP contribution in [-0.2, 0) is 22.6 Å². The van der Waals surface area contributed by atoms with Gasteiger partial charge in [0, 0.05) is 0 Å². The second kappa shape index (κ2) is 9.82. The summed E-state index contributed by atoms with van der Waals surface area (Å²) in [6, 6.07) is 6.92. The summed E-state index contributed by atoms with van der Waals surface area (Å²) in [5.41, 5.74) is 5.75. The zero-order valence-corrected chi connectivity index (χ0v) is 18.1. The van der Waals surface area contributed by atoms with Crippen LogP contribution in [0.25, 0.3) is 0 Å². The average molecular weight is 487 g/mol. The molecule has 1 aromatic carbocycles. The molecule has 0 saturated heterocycles. The molecule has 3 rings (SSSR count). The Balaban J connectivity index is 1.59. The largest absolute Gasteiger partial charge is 0.495 e. The van der Waals surface area contributed by atoms with Crippen molar-refractivity contribution in [2.75, 3.05) is 18.2 Å². The van der Waals surface area contributed by atoms with Gasteiger partial charge in [0.1, 0.15) is 10.8 Å². The molecule has 10 nitrogen and oxygen atoms in total. The van der Waals surface area contributed by atoms with Gasteiger partial charge in [0.25, 0.3) is 5.89 Å². The number of benzene rings is 1. The van der Waals surface area contributed by atoms with Crippen molar-refractivity contribution in [3.05, 3.63) is 56.9 Å². The maximum Gasteiger partial charge on any atom is 0.359 e. The lowest BCUT2D eigenvalue weighted by atomic mass is 10.2. The predicted molar refractivity (Wildman–Crippen MR) is 112 cm³/mol. The van der Waals surface area contributed by atoms with E-state index in [0.29, 0.717) is 11.4 Å². The molecule has 0 aliphatic heterocycles. The minimum atomic E-state index is -0.927. The normalized spacial score (nSPS) is 10.6. The van der Waals surface area contributed by atoms with E-state index in [1.165, 1.54) is 7.11 Å². The van der Waals surface area contributed by atoms with Gasteiger partial charge in [-0.1, -0.05) is 52.1 Å². The van der Waals surface area contributed by atoms with Crippen LogP contribution in [0.2, 0.25) is 15.2 Å². The molecule has 3 N–H and O–H groups in total. The fourth-order valence-corrected chi connectivity index (χ4v) is 2.95. The number of halogens is 3. The van der Waals surface area contributed by atoms with Crippen LogP contribution in [-0.4, -0.2) is 34.1 Å². The fourth-order valence-electron chi connectivity index (χ4n) is 2.37. The highest BCUT2D eigenvalue weighted by Gasteiger charge is 2.22. The van der Waals surface area contributed by atoms with Gasteiger partial charge in [0.05, 0.1) is 29.9 Å². The standard InChI is InChI=1S/C18H14Cl3N5O5/c1-29-9-5-3-2-4-8(9)23-11(27)6-10-24-12(31-26-10)7-30-18(28)16-13(19)15(22)14(20)17(21)25-16/h2-5H,6-7H2,1H3,(H2,22,25)(H,23,27). The molecule has 13 heteroatoms. The van der Waals surface area contributed by atoms with Crippen molar-refractivity contribution in [1.82, 2.24) is 15.1 Å². The van der Waals surface area contributed by atoms with Gasteiger partial charge in [0.15, 0.2) is 23.3 Å². The van der Waals surface area contributed by atoms with E-state index < -0.39 is 18.5 Å². The lowest BCUT2D eigenvalue weighted by Crippen LogP contribution is -2.16. The monoisotopic (exact) mass is 485 g/mol. The zero-order chi connectivity index (χ0) is 22.5. The van der Waals surface area contributed by atoms with Crippen molar-refractivity contribution < 1.29 is 23.6 Å². The van der Waals surface area contributed by atoms with Gasteiger partial charge >= 0.3 is 5.97 Å². The number of nitrogens with two attached hydrogens (primary N) is 1. The Morgan fingerprint density at radius 2 is 1.90 bits per heavy atom. The van der Waals surface area contributed by atoms with Crippen LogP contribution in [0.5, 0.6) is 5.75 Å². The van der Waals surface area contributed by atoms with E-state index in [-0.39, 0.29) is 44.7 Å². The second-order valence-electron chi connectivity index (χ2n) is 5.90. The molecule has 0 bridgehead atoms. The van der Waals surface area contributed by atoms with Gasteiger partial charge in [-0.25, -0.2) is 9.78 Å². The first-order valence-corrected chi connectivity index (χ1v) is 9.65. The minimum absolute atomic E-state index is 0.0439. The van der Waals surface area contributed by atoms with Crippen molar-refractivity contribution in [3.8, 4) is 5.75 Å². The molecule has 0 spiro atoms. The summed E-state index contributed by atoms with van der Waals surface area (Å²) in [5.74, 6) is -0.766. The molecule has 0 atom stereocenters. The number of esters is 1. The van der Waals surface area contributed by atoms with Crippen molar-refractivity contribution in [2.45, 2.75) is 13.0 Å². The predicted octanol–water partition coefficient (Wildman–Crippen LogP) is 3.55. The Morgan fingerprint density at radius 1 is 1.16 bits per heavy atom. The van der Waals surface area contributed by atoms with Crippen molar-refractivity contribution in [1.29, 1.82) is 0 Å². The molecule has 0 aliphatic rings. The van der Waals surface area contributed by atoms with Crippen LogP contribution in [0.1, 0.15) is 22.2 Å². The van der Waals surface area contributed by atoms with Crippen molar-refractivity contribution in [3.63, 3.8) is 0 Å². The highest BCUT2D eigenvalue weighted by atomic mass is 35.5. The molecular weight excluding hydrogens is 473 g/mol. The number of nitrogens with one attached hydrogen (secondary N) is 1. The number of aromatic nitrogens is 3. The van der Waals surface area contributed by atoms with E-state index in [2.05, 4.69) is 20.4 Å². The minimum Gasteiger partial charge on any atom is -0.495 e.